The van der Waals surface area contributed by atoms with Gasteiger partial charge < -0.3 is 15.0 Å². The van der Waals surface area contributed by atoms with Gasteiger partial charge in [0.15, 0.2) is 5.16 Å². The number of imidazole rings is 1. The first-order valence-corrected chi connectivity index (χ1v) is 6.84. The van der Waals surface area contributed by atoms with E-state index in [9.17, 15) is 9.59 Å². The van der Waals surface area contributed by atoms with E-state index in [1.165, 1.54) is 18.0 Å². The number of carboxylic acid groups (broad SMARTS) is 1. The van der Waals surface area contributed by atoms with Gasteiger partial charge in [0, 0.05) is 13.1 Å². The van der Waals surface area contributed by atoms with Gasteiger partial charge in [0.05, 0.1) is 12.1 Å². The first-order chi connectivity index (χ1) is 8.52. The quantitative estimate of drug-likeness (QED) is 0.787. The Morgan fingerprint density at radius 3 is 2.72 bits per heavy atom. The van der Waals surface area contributed by atoms with E-state index < -0.39 is 5.97 Å². The monoisotopic (exact) mass is 269 g/mol. The molecule has 0 aliphatic heterocycles. The Balaban J connectivity index is 1.93. The Morgan fingerprint density at radius 2 is 2.22 bits per heavy atom. The van der Waals surface area contributed by atoms with Crippen molar-refractivity contribution in [2.24, 2.45) is 13.0 Å². The Hall–Kier alpha value is -1.50. The molecule has 0 saturated heterocycles. The fourth-order valence-corrected chi connectivity index (χ4v) is 2.52. The van der Waals surface area contributed by atoms with Crippen LogP contribution in [0.15, 0.2) is 11.4 Å². The van der Waals surface area contributed by atoms with E-state index in [-0.39, 0.29) is 17.9 Å². The molecule has 1 amide bonds. The number of thioether (sulfide) groups is 1. The summed E-state index contributed by atoms with van der Waals surface area (Å²) in [7, 11) is 1.79. The summed E-state index contributed by atoms with van der Waals surface area (Å²) in [5, 5.41) is 12.4. The highest BCUT2D eigenvalue weighted by atomic mass is 32.2. The molecule has 0 spiro atoms. The lowest BCUT2D eigenvalue weighted by Gasteiger charge is -2.32. The van der Waals surface area contributed by atoms with E-state index in [4.69, 9.17) is 5.11 Å². The van der Waals surface area contributed by atoms with Crippen LogP contribution >= 0.6 is 11.8 Å². The van der Waals surface area contributed by atoms with Gasteiger partial charge in [0.25, 0.3) is 5.91 Å². The van der Waals surface area contributed by atoms with Crippen LogP contribution in [-0.4, -0.2) is 38.8 Å². The number of amides is 1. The predicted molar refractivity (Wildman–Crippen MR) is 66.6 cm³/mol. The summed E-state index contributed by atoms with van der Waals surface area (Å²) in [5.74, 6) is -1.30. The topological polar surface area (TPSA) is 84.2 Å². The molecule has 2 rings (SSSR count). The highest BCUT2D eigenvalue weighted by molar-refractivity contribution is 7.98. The molecule has 1 aromatic rings. The van der Waals surface area contributed by atoms with E-state index in [0.717, 1.165) is 5.16 Å². The highest BCUT2D eigenvalue weighted by Gasteiger charge is 2.35. The molecule has 1 aliphatic rings. The molecule has 6 nitrogen and oxygen atoms in total. The number of aliphatic carboxylic acids is 1. The van der Waals surface area contributed by atoms with Crippen LogP contribution in [-0.2, 0) is 11.8 Å². The molecule has 0 radical (unpaired) electrons. The summed E-state index contributed by atoms with van der Waals surface area (Å²) in [6.07, 6.45) is 4.45. The van der Waals surface area contributed by atoms with Crippen LogP contribution < -0.4 is 5.32 Å². The van der Waals surface area contributed by atoms with Crippen LogP contribution in [0.5, 0.6) is 0 Å². The van der Waals surface area contributed by atoms with E-state index in [1.54, 1.807) is 11.6 Å². The molecule has 0 aromatic carbocycles. The number of aromatic nitrogens is 2. The third kappa shape index (κ3) is 2.35. The largest absolute Gasteiger partial charge is 0.481 e. The van der Waals surface area contributed by atoms with Crippen LogP contribution in [0.4, 0.5) is 0 Å². The van der Waals surface area contributed by atoms with Crippen molar-refractivity contribution in [3.63, 3.8) is 0 Å². The normalized spacial score (nSPS) is 22.3. The molecule has 2 N–H and O–H groups in total. The zero-order valence-corrected chi connectivity index (χ0v) is 11.0. The molecule has 0 unspecified atom stereocenters. The van der Waals surface area contributed by atoms with Crippen molar-refractivity contribution in [2.75, 3.05) is 6.26 Å². The molecule has 1 fully saturated rings. The first kappa shape index (κ1) is 12.9. The van der Waals surface area contributed by atoms with Gasteiger partial charge in [-0.15, -0.1) is 0 Å². The Labute approximate surface area is 109 Å². The van der Waals surface area contributed by atoms with Crippen LogP contribution in [0.25, 0.3) is 0 Å². The number of rotatable bonds is 4. The number of nitrogens with one attached hydrogen (secondary N) is 1. The van der Waals surface area contributed by atoms with Crippen LogP contribution in [0, 0.1) is 5.92 Å². The van der Waals surface area contributed by atoms with E-state index in [1.807, 2.05) is 6.26 Å². The van der Waals surface area contributed by atoms with Gasteiger partial charge in [-0.2, -0.15) is 0 Å². The van der Waals surface area contributed by atoms with Gasteiger partial charge >= 0.3 is 5.97 Å². The third-order valence-electron chi connectivity index (χ3n) is 3.18. The maximum Gasteiger partial charge on any atom is 0.306 e. The van der Waals surface area contributed by atoms with E-state index in [0.29, 0.717) is 18.5 Å². The molecule has 0 atom stereocenters. The second-order valence-corrected chi connectivity index (χ2v) is 5.14. The van der Waals surface area contributed by atoms with E-state index >= 15 is 0 Å². The van der Waals surface area contributed by atoms with Crippen molar-refractivity contribution in [3.05, 3.63) is 11.9 Å². The lowest BCUT2D eigenvalue weighted by atomic mass is 9.80. The Morgan fingerprint density at radius 1 is 1.56 bits per heavy atom. The molecule has 0 bridgehead atoms. The zero-order valence-electron chi connectivity index (χ0n) is 10.2. The van der Waals surface area contributed by atoms with Gasteiger partial charge in [-0.1, -0.05) is 11.8 Å². The minimum atomic E-state index is -0.786. The Bertz CT molecular complexity index is 480. The average molecular weight is 269 g/mol. The van der Waals surface area contributed by atoms with Gasteiger partial charge in [-0.3, -0.25) is 9.59 Å². The second-order valence-electron chi connectivity index (χ2n) is 4.37. The number of carbonyl (C=O) groups excluding carboxylic acids is 1. The predicted octanol–water partition coefficient (Wildman–Crippen LogP) is 0.735. The molecule has 1 aromatic heterocycles. The first-order valence-electron chi connectivity index (χ1n) is 5.62. The minimum Gasteiger partial charge on any atom is -0.481 e. The SMILES string of the molecule is CSc1ncc(C(=O)NC2CC(C(=O)O)C2)n1C. The molecule has 98 valence electrons. The smallest absolute Gasteiger partial charge is 0.306 e. The molecule has 1 heterocycles. The number of hydrogen-bond acceptors (Lipinski definition) is 4. The number of hydrogen-bond donors (Lipinski definition) is 2. The van der Waals surface area contributed by atoms with E-state index in [2.05, 4.69) is 10.3 Å². The lowest BCUT2D eigenvalue weighted by Crippen LogP contribution is -2.47. The average Bonchev–Trinajstić information content (AvgIpc) is 2.63. The van der Waals surface area contributed by atoms with Gasteiger partial charge in [-0.25, -0.2) is 4.98 Å². The number of carboxylic acids is 1. The second kappa shape index (κ2) is 5.01. The summed E-state index contributed by atoms with van der Waals surface area (Å²) in [4.78, 5) is 26.7. The van der Waals surface area contributed by atoms with Crippen molar-refractivity contribution >= 4 is 23.6 Å². The summed E-state index contributed by atoms with van der Waals surface area (Å²) in [5.41, 5.74) is 0.498. The van der Waals surface area contributed by atoms with Gasteiger partial charge in [-0.05, 0) is 19.1 Å². The van der Waals surface area contributed by atoms with Crippen molar-refractivity contribution in [1.82, 2.24) is 14.9 Å². The maximum atomic E-state index is 11.9. The van der Waals surface area contributed by atoms with Crippen molar-refractivity contribution < 1.29 is 14.7 Å². The van der Waals surface area contributed by atoms with Crippen molar-refractivity contribution in [1.29, 1.82) is 0 Å². The molecule has 18 heavy (non-hydrogen) atoms. The Kier molecular flexibility index (Phi) is 3.60. The molecule has 1 aliphatic carbocycles. The summed E-state index contributed by atoms with van der Waals surface area (Å²) >= 11 is 1.47. The summed E-state index contributed by atoms with van der Waals surface area (Å²) in [6, 6.07) is -0.0359. The fourth-order valence-electron chi connectivity index (χ4n) is 1.99. The van der Waals surface area contributed by atoms with Crippen LogP contribution in [0.2, 0.25) is 0 Å². The molecule has 7 heteroatoms. The third-order valence-corrected chi connectivity index (χ3v) is 3.93. The van der Waals surface area contributed by atoms with Gasteiger partial charge in [0.1, 0.15) is 5.69 Å². The molecule has 1 saturated carbocycles. The lowest BCUT2D eigenvalue weighted by molar-refractivity contribution is -0.145. The van der Waals surface area contributed by atoms with Crippen LogP contribution in [0.1, 0.15) is 23.3 Å². The zero-order chi connectivity index (χ0) is 13.3. The number of nitrogens with zero attached hydrogens (tertiary/aromatic N) is 2. The van der Waals surface area contributed by atoms with Gasteiger partial charge in [0.2, 0.25) is 0 Å². The van der Waals surface area contributed by atoms with Crippen molar-refractivity contribution in [2.45, 2.75) is 24.0 Å². The minimum absolute atomic E-state index is 0.0359. The summed E-state index contributed by atoms with van der Waals surface area (Å²) < 4.78 is 1.73. The standard InChI is InChI=1S/C11H15N3O3S/c1-14-8(5-12-11(14)18-2)9(15)13-7-3-6(4-7)10(16)17/h5-7H,3-4H2,1-2H3,(H,13,15)(H,16,17). The van der Waals surface area contributed by atoms with Crippen molar-refractivity contribution in [3.8, 4) is 0 Å². The summed E-state index contributed by atoms with van der Waals surface area (Å²) in [6.45, 7) is 0. The van der Waals surface area contributed by atoms with Crippen LogP contribution in [0.3, 0.4) is 0 Å². The number of carbonyl (C=O) groups is 2. The highest BCUT2D eigenvalue weighted by Crippen LogP contribution is 2.27. The molecular formula is C11H15N3O3S. The maximum absolute atomic E-state index is 11.9. The molecular weight excluding hydrogens is 254 g/mol. The fraction of sp³-hybridized carbons (Fsp3) is 0.545.